The zero-order valence-electron chi connectivity index (χ0n) is 10.9. The van der Waals surface area contributed by atoms with Crippen LogP contribution in [0.3, 0.4) is 0 Å². The van der Waals surface area contributed by atoms with E-state index in [9.17, 15) is 8.42 Å². The summed E-state index contributed by atoms with van der Waals surface area (Å²) in [5.74, 6) is 0. The quantitative estimate of drug-likeness (QED) is 0.914. The number of sulfone groups is 1. The van der Waals surface area contributed by atoms with Gasteiger partial charge in [0.2, 0.25) is 0 Å². The molecular formula is C14H21NO2S. The average Bonchev–Trinajstić information content (AvgIpc) is 2.38. The molecule has 1 aromatic carbocycles. The van der Waals surface area contributed by atoms with Crippen LogP contribution in [0.2, 0.25) is 0 Å². The first-order valence-corrected chi connectivity index (χ1v) is 8.38. The maximum Gasteiger partial charge on any atom is 0.157 e. The summed E-state index contributed by atoms with van der Waals surface area (Å²) in [6.07, 6.45) is 5.98. The Kier molecular flexibility index (Phi) is 3.78. The molecule has 1 aliphatic rings. The molecule has 0 atom stereocenters. The van der Waals surface area contributed by atoms with Gasteiger partial charge in [0.1, 0.15) is 0 Å². The van der Waals surface area contributed by atoms with Crippen LogP contribution in [-0.4, -0.2) is 14.7 Å². The van der Waals surface area contributed by atoms with Crippen molar-refractivity contribution >= 4 is 9.84 Å². The van der Waals surface area contributed by atoms with Crippen molar-refractivity contribution < 1.29 is 8.42 Å². The van der Waals surface area contributed by atoms with Crippen molar-refractivity contribution in [2.45, 2.75) is 43.4 Å². The van der Waals surface area contributed by atoms with Crippen molar-refractivity contribution in [1.29, 1.82) is 0 Å². The topological polar surface area (TPSA) is 60.2 Å². The van der Waals surface area contributed by atoms with Gasteiger partial charge in [-0.3, -0.25) is 0 Å². The van der Waals surface area contributed by atoms with Gasteiger partial charge in [-0.25, -0.2) is 8.42 Å². The number of hydrogen-bond acceptors (Lipinski definition) is 3. The van der Waals surface area contributed by atoms with E-state index < -0.39 is 14.6 Å². The van der Waals surface area contributed by atoms with E-state index in [1.807, 2.05) is 24.3 Å². The van der Waals surface area contributed by atoms with Crippen LogP contribution in [0.1, 0.15) is 43.2 Å². The fourth-order valence-electron chi connectivity index (χ4n) is 2.94. The molecule has 2 rings (SSSR count). The van der Waals surface area contributed by atoms with Gasteiger partial charge in [0, 0.05) is 12.8 Å². The van der Waals surface area contributed by atoms with Gasteiger partial charge in [-0.2, -0.15) is 0 Å². The van der Waals surface area contributed by atoms with E-state index in [0.717, 1.165) is 43.2 Å². The normalized spacial score (nSPS) is 19.7. The fraction of sp³-hybridized carbons (Fsp3) is 0.571. The molecule has 0 heterocycles. The van der Waals surface area contributed by atoms with Crippen LogP contribution in [0, 0.1) is 0 Å². The lowest BCUT2D eigenvalue weighted by atomic mass is 9.83. The molecule has 1 fully saturated rings. The third kappa shape index (κ3) is 2.31. The maximum absolute atomic E-state index is 12.2. The monoisotopic (exact) mass is 267 g/mol. The van der Waals surface area contributed by atoms with Crippen molar-refractivity contribution in [3.63, 3.8) is 0 Å². The predicted octanol–water partition coefficient (Wildman–Crippen LogP) is 2.35. The summed E-state index contributed by atoms with van der Waals surface area (Å²) in [4.78, 5) is 0. The Hall–Kier alpha value is -0.870. The molecule has 0 amide bonds. The van der Waals surface area contributed by atoms with Crippen LogP contribution in [0.5, 0.6) is 0 Å². The minimum atomic E-state index is -3.09. The summed E-state index contributed by atoms with van der Waals surface area (Å²) in [7, 11) is -3.09. The molecule has 3 nitrogen and oxygen atoms in total. The second-order valence-electron chi connectivity index (χ2n) is 5.23. The van der Waals surface area contributed by atoms with E-state index in [-0.39, 0.29) is 0 Å². The first-order chi connectivity index (χ1) is 8.49. The first kappa shape index (κ1) is 13.6. The number of nitrogens with two attached hydrogens (primary N) is 1. The van der Waals surface area contributed by atoms with Crippen LogP contribution < -0.4 is 5.73 Å². The second kappa shape index (κ2) is 5.02. The predicted molar refractivity (Wildman–Crippen MR) is 73.9 cm³/mol. The first-order valence-electron chi connectivity index (χ1n) is 6.49. The van der Waals surface area contributed by atoms with Crippen molar-refractivity contribution in [2.24, 2.45) is 5.73 Å². The molecule has 0 aromatic heterocycles. The Morgan fingerprint density at radius 1 is 1.11 bits per heavy atom. The molecule has 0 bridgehead atoms. The molecule has 1 aliphatic carbocycles. The second-order valence-corrected chi connectivity index (χ2v) is 7.55. The largest absolute Gasteiger partial charge is 0.326 e. The van der Waals surface area contributed by atoms with Crippen LogP contribution in [-0.2, 0) is 21.1 Å². The molecule has 1 saturated carbocycles. The molecule has 100 valence electrons. The Bertz CT molecular complexity index is 499. The Morgan fingerprint density at radius 2 is 1.67 bits per heavy atom. The van der Waals surface area contributed by atoms with E-state index in [4.69, 9.17) is 5.73 Å². The Morgan fingerprint density at radius 3 is 2.11 bits per heavy atom. The smallest absolute Gasteiger partial charge is 0.157 e. The highest BCUT2D eigenvalue weighted by molar-refractivity contribution is 7.91. The van der Waals surface area contributed by atoms with Crippen molar-refractivity contribution in [3.8, 4) is 0 Å². The summed E-state index contributed by atoms with van der Waals surface area (Å²) in [6, 6.07) is 7.76. The van der Waals surface area contributed by atoms with Crippen molar-refractivity contribution in [3.05, 3.63) is 35.4 Å². The Balaban J connectivity index is 2.46. The van der Waals surface area contributed by atoms with Crippen LogP contribution >= 0.6 is 0 Å². The molecule has 2 N–H and O–H groups in total. The molecule has 0 unspecified atom stereocenters. The molecular weight excluding hydrogens is 246 g/mol. The van der Waals surface area contributed by atoms with E-state index >= 15 is 0 Å². The van der Waals surface area contributed by atoms with Crippen LogP contribution in [0.15, 0.2) is 24.3 Å². The number of hydrogen-bond donors (Lipinski definition) is 1. The third-order valence-electron chi connectivity index (χ3n) is 4.09. The summed E-state index contributed by atoms with van der Waals surface area (Å²) in [5, 5.41) is 0. The summed E-state index contributed by atoms with van der Waals surface area (Å²) >= 11 is 0. The van der Waals surface area contributed by atoms with Crippen molar-refractivity contribution in [1.82, 2.24) is 0 Å². The average molecular weight is 267 g/mol. The molecule has 0 spiro atoms. The number of benzene rings is 1. The standard InChI is InChI=1S/C14H21NO2S/c1-18(16,17)14(9-3-2-4-10-14)13-7-5-12(11-15)6-8-13/h5-8H,2-4,9-11,15H2,1H3. The van der Waals surface area contributed by atoms with Gasteiger partial charge in [0.05, 0.1) is 4.75 Å². The van der Waals surface area contributed by atoms with Gasteiger partial charge in [0.15, 0.2) is 9.84 Å². The summed E-state index contributed by atoms with van der Waals surface area (Å²) < 4.78 is 23.8. The zero-order valence-corrected chi connectivity index (χ0v) is 11.7. The van der Waals surface area contributed by atoms with Gasteiger partial charge in [-0.1, -0.05) is 43.5 Å². The highest BCUT2D eigenvalue weighted by Crippen LogP contribution is 2.43. The third-order valence-corrected chi connectivity index (χ3v) is 6.15. The van der Waals surface area contributed by atoms with E-state index in [2.05, 4.69) is 0 Å². The summed E-state index contributed by atoms with van der Waals surface area (Å²) in [6.45, 7) is 0.492. The highest BCUT2D eigenvalue weighted by Gasteiger charge is 2.43. The highest BCUT2D eigenvalue weighted by atomic mass is 32.2. The van der Waals surface area contributed by atoms with E-state index in [0.29, 0.717) is 6.54 Å². The SMILES string of the molecule is CS(=O)(=O)C1(c2ccc(CN)cc2)CCCCC1. The maximum atomic E-state index is 12.2. The van der Waals surface area contributed by atoms with Gasteiger partial charge in [-0.05, 0) is 24.0 Å². The zero-order chi connectivity index (χ0) is 13.2. The Labute approximate surface area is 109 Å². The van der Waals surface area contributed by atoms with Gasteiger partial charge in [0.25, 0.3) is 0 Å². The van der Waals surface area contributed by atoms with Gasteiger partial charge in [-0.15, -0.1) is 0 Å². The lowest BCUT2D eigenvalue weighted by Crippen LogP contribution is -2.37. The van der Waals surface area contributed by atoms with Crippen molar-refractivity contribution in [2.75, 3.05) is 6.26 Å². The lowest BCUT2D eigenvalue weighted by molar-refractivity contribution is 0.382. The van der Waals surface area contributed by atoms with E-state index in [1.165, 1.54) is 6.26 Å². The molecule has 18 heavy (non-hydrogen) atoms. The van der Waals surface area contributed by atoms with Crippen LogP contribution in [0.4, 0.5) is 0 Å². The van der Waals surface area contributed by atoms with E-state index in [1.54, 1.807) is 0 Å². The lowest BCUT2D eigenvalue weighted by Gasteiger charge is -2.36. The van der Waals surface area contributed by atoms with Gasteiger partial charge < -0.3 is 5.73 Å². The minimum Gasteiger partial charge on any atom is -0.326 e. The molecule has 4 heteroatoms. The number of rotatable bonds is 3. The fourth-order valence-corrected chi connectivity index (χ4v) is 4.54. The van der Waals surface area contributed by atoms with Crippen LogP contribution in [0.25, 0.3) is 0 Å². The van der Waals surface area contributed by atoms with Gasteiger partial charge >= 0.3 is 0 Å². The summed E-state index contributed by atoms with van der Waals surface area (Å²) in [5.41, 5.74) is 7.55. The molecule has 0 aliphatic heterocycles. The molecule has 0 saturated heterocycles. The molecule has 1 aromatic rings. The molecule has 0 radical (unpaired) electrons. The minimum absolute atomic E-state index is 0.492.